The average Bonchev–Trinajstić information content (AvgIpc) is 3.38. The molecule has 0 unspecified atom stereocenters. The lowest BCUT2D eigenvalue weighted by Crippen LogP contribution is -2.41. The van der Waals surface area contributed by atoms with Gasteiger partial charge in [0, 0.05) is 65.9 Å². The number of esters is 1. The monoisotopic (exact) mass is 508 g/mol. The van der Waals surface area contributed by atoms with Crippen molar-refractivity contribution in [3.05, 3.63) is 107 Å². The Bertz CT molecular complexity index is 1510. The third-order valence-electron chi connectivity index (χ3n) is 8.01. The molecule has 0 aliphatic carbocycles. The number of piperidine rings is 1. The van der Waals surface area contributed by atoms with Crippen molar-refractivity contribution in [1.29, 1.82) is 0 Å². The number of likely N-dealkylation sites (tertiary alicyclic amines) is 1. The number of hydrogen-bond donors (Lipinski definition) is 1. The lowest BCUT2D eigenvalue weighted by Gasteiger charge is -2.40. The van der Waals surface area contributed by atoms with Crippen LogP contribution in [0.3, 0.4) is 0 Å². The smallest absolute Gasteiger partial charge is 0.339 e. The molecule has 1 aromatic heterocycles. The maximum Gasteiger partial charge on any atom is 0.339 e. The zero-order valence-corrected chi connectivity index (χ0v) is 21.7. The van der Waals surface area contributed by atoms with E-state index in [4.69, 9.17) is 14.6 Å². The number of benzene rings is 3. The van der Waals surface area contributed by atoms with Crippen LogP contribution >= 0.6 is 0 Å². The first-order chi connectivity index (χ1) is 18.5. The normalized spacial score (nSPS) is 16.1. The highest BCUT2D eigenvalue weighted by atomic mass is 16.6. The largest absolute Gasteiger partial charge is 0.491 e. The maximum atomic E-state index is 12.7. The van der Waals surface area contributed by atoms with Crippen molar-refractivity contribution in [3.8, 4) is 5.75 Å². The van der Waals surface area contributed by atoms with E-state index < -0.39 is 5.60 Å². The zero-order chi connectivity index (χ0) is 26.3. The van der Waals surface area contributed by atoms with Gasteiger partial charge in [-0.1, -0.05) is 55.1 Å². The fourth-order valence-corrected chi connectivity index (χ4v) is 6.05. The zero-order valence-electron chi connectivity index (χ0n) is 21.7. The van der Waals surface area contributed by atoms with Crippen molar-refractivity contribution in [2.24, 2.45) is 0 Å². The number of nitrogens with zero attached hydrogens (tertiary/aromatic N) is 2. The second kappa shape index (κ2) is 9.69. The van der Waals surface area contributed by atoms with E-state index in [0.29, 0.717) is 24.2 Å². The first kappa shape index (κ1) is 24.3. The molecule has 194 valence electrons. The van der Waals surface area contributed by atoms with Gasteiger partial charge >= 0.3 is 5.97 Å². The molecule has 1 spiro atoms. The third-order valence-corrected chi connectivity index (χ3v) is 8.01. The van der Waals surface area contributed by atoms with Gasteiger partial charge < -0.3 is 24.0 Å². The Kier molecular flexibility index (Phi) is 6.20. The predicted molar refractivity (Wildman–Crippen MR) is 148 cm³/mol. The Hall–Kier alpha value is -4.03. The third kappa shape index (κ3) is 4.05. The van der Waals surface area contributed by atoms with Gasteiger partial charge in [0.05, 0.1) is 12.2 Å². The highest BCUT2D eigenvalue weighted by molar-refractivity contribution is 5.95. The number of ether oxygens (including phenoxy) is 2. The lowest BCUT2D eigenvalue weighted by molar-refractivity contribution is -0.0356. The quantitative estimate of drug-likeness (QED) is 0.334. The molecule has 38 heavy (non-hydrogen) atoms. The summed E-state index contributed by atoms with van der Waals surface area (Å²) in [6.45, 7) is 9.15. The molecule has 3 aromatic carbocycles. The fraction of sp³-hybridized carbons (Fsp3) is 0.281. The number of hydrogen-bond acceptors (Lipinski definition) is 5. The number of carbonyl (C=O) groups is 1. The number of para-hydroxylation sites is 1. The van der Waals surface area contributed by atoms with Crippen LogP contribution in [0, 0.1) is 6.92 Å². The van der Waals surface area contributed by atoms with Crippen LogP contribution in [0.1, 0.15) is 45.6 Å². The minimum Gasteiger partial charge on any atom is -0.491 e. The molecular weight excluding hydrogens is 476 g/mol. The van der Waals surface area contributed by atoms with E-state index in [-0.39, 0.29) is 19.2 Å². The molecule has 1 fully saturated rings. The molecule has 1 N–H and O–H groups in total. The first-order valence-electron chi connectivity index (χ1n) is 13.2. The van der Waals surface area contributed by atoms with Gasteiger partial charge in [-0.2, -0.15) is 0 Å². The van der Waals surface area contributed by atoms with Gasteiger partial charge in [0.1, 0.15) is 18.0 Å². The van der Waals surface area contributed by atoms with E-state index in [9.17, 15) is 4.79 Å². The number of carbonyl (C=O) groups excluding carboxylic acids is 1. The summed E-state index contributed by atoms with van der Waals surface area (Å²) >= 11 is 0. The molecule has 2 aliphatic rings. The van der Waals surface area contributed by atoms with Crippen LogP contribution in [0.25, 0.3) is 16.6 Å². The van der Waals surface area contributed by atoms with Crippen molar-refractivity contribution >= 4 is 22.6 Å². The van der Waals surface area contributed by atoms with Gasteiger partial charge in [0.15, 0.2) is 0 Å². The molecule has 0 radical (unpaired) electrons. The van der Waals surface area contributed by atoms with Crippen molar-refractivity contribution in [1.82, 2.24) is 9.47 Å². The van der Waals surface area contributed by atoms with E-state index >= 15 is 0 Å². The van der Waals surface area contributed by atoms with Crippen LogP contribution in [0.15, 0.2) is 79.4 Å². The lowest BCUT2D eigenvalue weighted by atomic mass is 9.83. The SMILES string of the molecule is C=C(c1c(C)n(Cc2ccccc2)c2ccccc12)N1CCC2(CC1)OC(=O)c1ccc(OCCO)cc12. The van der Waals surface area contributed by atoms with Gasteiger partial charge in [0.25, 0.3) is 0 Å². The molecule has 0 bridgehead atoms. The van der Waals surface area contributed by atoms with Crippen molar-refractivity contribution in [3.63, 3.8) is 0 Å². The molecule has 0 amide bonds. The minimum atomic E-state index is -0.655. The van der Waals surface area contributed by atoms with Crippen LogP contribution < -0.4 is 4.74 Å². The number of aliphatic hydroxyl groups is 1. The summed E-state index contributed by atoms with van der Waals surface area (Å²) in [6.07, 6.45) is 1.35. The Morgan fingerprint density at radius 2 is 1.79 bits per heavy atom. The van der Waals surface area contributed by atoms with Gasteiger partial charge in [-0.05, 0) is 36.8 Å². The molecule has 3 heterocycles. The molecule has 0 saturated carbocycles. The van der Waals surface area contributed by atoms with E-state index in [1.165, 1.54) is 27.7 Å². The van der Waals surface area contributed by atoms with E-state index in [1.807, 2.05) is 12.1 Å². The summed E-state index contributed by atoms with van der Waals surface area (Å²) in [7, 11) is 0. The van der Waals surface area contributed by atoms with Gasteiger partial charge in [-0.25, -0.2) is 4.79 Å². The first-order valence-corrected chi connectivity index (χ1v) is 13.2. The summed E-state index contributed by atoms with van der Waals surface area (Å²) in [5, 5.41) is 10.3. The van der Waals surface area contributed by atoms with Crippen LogP contribution in [0.2, 0.25) is 0 Å². The molecule has 0 atom stereocenters. The highest BCUT2D eigenvalue weighted by Crippen LogP contribution is 2.46. The minimum absolute atomic E-state index is 0.0596. The summed E-state index contributed by atoms with van der Waals surface area (Å²) in [5.74, 6) is 0.366. The second-order valence-electron chi connectivity index (χ2n) is 10.1. The summed E-state index contributed by atoms with van der Waals surface area (Å²) in [4.78, 5) is 15.0. The van der Waals surface area contributed by atoms with Crippen LogP contribution in [-0.2, 0) is 16.9 Å². The number of aliphatic hydroxyl groups excluding tert-OH is 1. The Labute approximate surface area is 222 Å². The molecular formula is C32H32N2O4. The maximum absolute atomic E-state index is 12.7. The number of aromatic nitrogens is 1. The van der Waals surface area contributed by atoms with E-state index in [1.54, 1.807) is 12.1 Å². The number of fused-ring (bicyclic) bond motifs is 3. The summed E-state index contributed by atoms with van der Waals surface area (Å²) < 4.78 is 14.0. The number of rotatable bonds is 7. The van der Waals surface area contributed by atoms with Crippen molar-refractivity contribution in [2.45, 2.75) is 31.9 Å². The van der Waals surface area contributed by atoms with E-state index in [2.05, 4.69) is 71.5 Å². The molecule has 1 saturated heterocycles. The second-order valence-corrected chi connectivity index (χ2v) is 10.1. The fourth-order valence-electron chi connectivity index (χ4n) is 6.05. The molecule has 6 rings (SSSR count). The Morgan fingerprint density at radius 1 is 1.05 bits per heavy atom. The topological polar surface area (TPSA) is 63.9 Å². The summed E-state index contributed by atoms with van der Waals surface area (Å²) in [5.41, 5.74) is 6.68. The molecule has 4 aromatic rings. The highest BCUT2D eigenvalue weighted by Gasteiger charge is 2.48. The van der Waals surface area contributed by atoms with E-state index in [0.717, 1.165) is 30.9 Å². The van der Waals surface area contributed by atoms with Crippen LogP contribution in [0.4, 0.5) is 0 Å². The van der Waals surface area contributed by atoms with Gasteiger partial charge in [-0.15, -0.1) is 0 Å². The molecule has 2 aliphatic heterocycles. The van der Waals surface area contributed by atoms with Crippen LogP contribution in [0.5, 0.6) is 5.75 Å². The van der Waals surface area contributed by atoms with Gasteiger partial charge in [0.2, 0.25) is 0 Å². The Balaban J connectivity index is 1.27. The standard InChI is InChI=1S/C32H32N2O4/c1-22(30-23(2)34(21-24-8-4-3-5-9-24)29-11-7-6-10-27(29)30)33-16-14-32(15-17-33)28-20-25(37-19-18-35)12-13-26(28)31(36)38-32/h3-13,20,35H,1,14-19,21H2,2H3. The molecule has 6 nitrogen and oxygen atoms in total. The predicted octanol–water partition coefficient (Wildman–Crippen LogP) is 5.50. The van der Waals surface area contributed by atoms with Crippen LogP contribution in [-0.4, -0.2) is 46.8 Å². The Morgan fingerprint density at radius 3 is 2.55 bits per heavy atom. The molecule has 6 heteroatoms. The average molecular weight is 509 g/mol. The van der Waals surface area contributed by atoms with Crippen molar-refractivity contribution < 1.29 is 19.4 Å². The van der Waals surface area contributed by atoms with Crippen molar-refractivity contribution in [2.75, 3.05) is 26.3 Å². The van der Waals surface area contributed by atoms with Gasteiger partial charge in [-0.3, -0.25) is 0 Å². The summed E-state index contributed by atoms with van der Waals surface area (Å²) in [6, 6.07) is 24.5.